The van der Waals surface area contributed by atoms with E-state index in [4.69, 9.17) is 18.0 Å². The van der Waals surface area contributed by atoms with E-state index < -0.39 is 0 Å². The van der Waals surface area contributed by atoms with Crippen molar-refractivity contribution in [3.63, 3.8) is 0 Å². The van der Waals surface area contributed by atoms with Gasteiger partial charge in [-0.1, -0.05) is 12.2 Å². The van der Waals surface area contributed by atoms with Gasteiger partial charge in [-0.15, -0.1) is 0 Å². The van der Waals surface area contributed by atoms with Crippen LogP contribution in [-0.2, 0) is 0 Å². The molecule has 0 spiro atoms. The van der Waals surface area contributed by atoms with Crippen LogP contribution in [0.5, 0.6) is 5.75 Å². The SMILES string of the molecule is Cc1cc(O)c(C(N)=S)cc1C. The summed E-state index contributed by atoms with van der Waals surface area (Å²) in [6, 6.07) is 3.47. The van der Waals surface area contributed by atoms with Crippen LogP contribution in [0.2, 0.25) is 0 Å². The highest BCUT2D eigenvalue weighted by Gasteiger charge is 2.05. The number of nitrogens with two attached hydrogens (primary N) is 1. The van der Waals surface area contributed by atoms with E-state index in [1.807, 2.05) is 13.8 Å². The molecule has 0 heterocycles. The van der Waals surface area contributed by atoms with E-state index >= 15 is 0 Å². The number of thiocarbonyl (C=S) groups is 1. The summed E-state index contributed by atoms with van der Waals surface area (Å²) in [5.74, 6) is 0.158. The molecule has 0 saturated carbocycles. The van der Waals surface area contributed by atoms with Gasteiger partial charge in [0.2, 0.25) is 0 Å². The van der Waals surface area contributed by atoms with Crippen LogP contribution in [0.3, 0.4) is 0 Å². The summed E-state index contributed by atoms with van der Waals surface area (Å²) in [5, 5.41) is 9.42. The van der Waals surface area contributed by atoms with Crippen molar-refractivity contribution in [2.75, 3.05) is 0 Å². The van der Waals surface area contributed by atoms with E-state index in [0.717, 1.165) is 11.1 Å². The van der Waals surface area contributed by atoms with E-state index in [1.165, 1.54) is 0 Å². The summed E-state index contributed by atoms with van der Waals surface area (Å²) in [7, 11) is 0. The van der Waals surface area contributed by atoms with Gasteiger partial charge >= 0.3 is 0 Å². The van der Waals surface area contributed by atoms with Crippen LogP contribution in [0.15, 0.2) is 12.1 Å². The van der Waals surface area contributed by atoms with Gasteiger partial charge in [0.15, 0.2) is 0 Å². The third kappa shape index (κ3) is 1.56. The molecule has 3 heteroatoms. The minimum absolute atomic E-state index is 0.158. The van der Waals surface area contributed by atoms with E-state index in [0.29, 0.717) is 5.56 Å². The highest BCUT2D eigenvalue weighted by Crippen LogP contribution is 2.21. The Balaban J connectivity index is 3.33. The van der Waals surface area contributed by atoms with Crippen molar-refractivity contribution in [1.82, 2.24) is 0 Å². The molecule has 0 amide bonds. The average molecular weight is 181 g/mol. The van der Waals surface area contributed by atoms with Gasteiger partial charge in [-0.25, -0.2) is 0 Å². The van der Waals surface area contributed by atoms with Gasteiger partial charge in [-0.05, 0) is 37.1 Å². The number of phenols is 1. The molecular weight excluding hydrogens is 170 g/mol. The fourth-order valence-corrected chi connectivity index (χ4v) is 1.16. The normalized spacial score (nSPS) is 9.83. The average Bonchev–Trinajstić information content (AvgIpc) is 1.96. The zero-order valence-electron chi connectivity index (χ0n) is 7.09. The van der Waals surface area contributed by atoms with Gasteiger partial charge in [-0.3, -0.25) is 0 Å². The predicted octanol–water partition coefficient (Wildman–Crippen LogP) is 1.64. The molecule has 0 radical (unpaired) electrons. The van der Waals surface area contributed by atoms with Gasteiger partial charge < -0.3 is 10.8 Å². The molecule has 0 atom stereocenters. The maximum atomic E-state index is 9.42. The Labute approximate surface area is 77.0 Å². The van der Waals surface area contributed by atoms with Gasteiger partial charge in [0.05, 0.1) is 5.56 Å². The Bertz CT molecular complexity index is 334. The fraction of sp³-hybridized carbons (Fsp3) is 0.222. The number of phenolic OH excluding ortho intramolecular Hbond substituents is 1. The fourth-order valence-electron chi connectivity index (χ4n) is 0.998. The molecule has 0 saturated heterocycles. The number of benzene rings is 1. The zero-order chi connectivity index (χ0) is 9.30. The van der Waals surface area contributed by atoms with Crippen LogP contribution < -0.4 is 5.73 Å². The van der Waals surface area contributed by atoms with E-state index in [-0.39, 0.29) is 10.7 Å². The Morgan fingerprint density at radius 2 is 1.83 bits per heavy atom. The Kier molecular flexibility index (Phi) is 2.33. The van der Waals surface area contributed by atoms with Crippen LogP contribution in [0.4, 0.5) is 0 Å². The minimum atomic E-state index is 0.158. The summed E-state index contributed by atoms with van der Waals surface area (Å²) < 4.78 is 0. The molecule has 0 aliphatic rings. The lowest BCUT2D eigenvalue weighted by atomic mass is 10.1. The number of hydrogen-bond donors (Lipinski definition) is 2. The maximum absolute atomic E-state index is 9.42. The van der Waals surface area contributed by atoms with E-state index in [9.17, 15) is 5.11 Å². The van der Waals surface area contributed by atoms with Crippen molar-refractivity contribution in [3.8, 4) is 5.75 Å². The number of aromatic hydroxyl groups is 1. The second-order valence-electron chi connectivity index (χ2n) is 2.82. The monoisotopic (exact) mass is 181 g/mol. The topological polar surface area (TPSA) is 46.2 Å². The molecular formula is C9H11NOS. The van der Waals surface area contributed by atoms with Crippen LogP contribution >= 0.6 is 12.2 Å². The lowest BCUT2D eigenvalue weighted by Gasteiger charge is -2.06. The molecule has 3 N–H and O–H groups in total. The summed E-state index contributed by atoms with van der Waals surface area (Å²) >= 11 is 4.77. The minimum Gasteiger partial charge on any atom is -0.507 e. The van der Waals surface area contributed by atoms with Gasteiger partial charge in [0.25, 0.3) is 0 Å². The molecule has 0 aromatic heterocycles. The first-order valence-electron chi connectivity index (χ1n) is 3.62. The van der Waals surface area contributed by atoms with Crippen LogP contribution in [0.1, 0.15) is 16.7 Å². The molecule has 12 heavy (non-hydrogen) atoms. The predicted molar refractivity (Wildman–Crippen MR) is 53.5 cm³/mol. The second-order valence-corrected chi connectivity index (χ2v) is 3.26. The summed E-state index contributed by atoms with van der Waals surface area (Å²) in [4.78, 5) is 0.232. The molecule has 0 fully saturated rings. The molecule has 1 rings (SSSR count). The van der Waals surface area contributed by atoms with Crippen LogP contribution in [0, 0.1) is 13.8 Å². The summed E-state index contributed by atoms with van der Waals surface area (Å²) in [6.07, 6.45) is 0. The smallest absolute Gasteiger partial charge is 0.126 e. The number of rotatable bonds is 1. The van der Waals surface area contributed by atoms with Gasteiger partial charge in [0.1, 0.15) is 10.7 Å². The summed E-state index contributed by atoms with van der Waals surface area (Å²) in [6.45, 7) is 3.88. The van der Waals surface area contributed by atoms with Crippen molar-refractivity contribution in [1.29, 1.82) is 0 Å². The Hall–Kier alpha value is -1.09. The molecule has 0 aliphatic carbocycles. The lowest BCUT2D eigenvalue weighted by molar-refractivity contribution is 0.473. The Morgan fingerprint density at radius 3 is 2.33 bits per heavy atom. The standard InChI is InChI=1S/C9H11NOS/c1-5-3-7(9(10)12)8(11)4-6(5)2/h3-4,11H,1-2H3,(H2,10,12). The van der Waals surface area contributed by atoms with Gasteiger partial charge in [0, 0.05) is 0 Å². The molecule has 2 nitrogen and oxygen atoms in total. The lowest BCUT2D eigenvalue weighted by Crippen LogP contribution is -2.10. The van der Waals surface area contributed by atoms with Crippen molar-refractivity contribution < 1.29 is 5.11 Å². The first-order valence-corrected chi connectivity index (χ1v) is 4.03. The van der Waals surface area contributed by atoms with Crippen molar-refractivity contribution in [3.05, 3.63) is 28.8 Å². The molecule has 64 valence electrons. The van der Waals surface area contributed by atoms with Crippen LogP contribution in [0.25, 0.3) is 0 Å². The van der Waals surface area contributed by atoms with E-state index in [1.54, 1.807) is 12.1 Å². The highest BCUT2D eigenvalue weighted by molar-refractivity contribution is 7.80. The third-order valence-electron chi connectivity index (χ3n) is 1.88. The van der Waals surface area contributed by atoms with Gasteiger partial charge in [-0.2, -0.15) is 0 Å². The molecule has 1 aromatic rings. The van der Waals surface area contributed by atoms with Crippen molar-refractivity contribution in [2.45, 2.75) is 13.8 Å². The number of aryl methyl sites for hydroxylation is 2. The van der Waals surface area contributed by atoms with Crippen molar-refractivity contribution >= 4 is 17.2 Å². The second kappa shape index (κ2) is 3.11. The third-order valence-corrected chi connectivity index (χ3v) is 2.10. The maximum Gasteiger partial charge on any atom is 0.126 e. The van der Waals surface area contributed by atoms with E-state index in [2.05, 4.69) is 0 Å². The summed E-state index contributed by atoms with van der Waals surface area (Å²) in [5.41, 5.74) is 8.07. The molecule has 0 unspecified atom stereocenters. The zero-order valence-corrected chi connectivity index (χ0v) is 7.90. The van der Waals surface area contributed by atoms with Crippen LogP contribution in [-0.4, -0.2) is 10.1 Å². The quantitative estimate of drug-likeness (QED) is 0.647. The number of hydrogen-bond acceptors (Lipinski definition) is 2. The highest BCUT2D eigenvalue weighted by atomic mass is 32.1. The first-order chi connectivity index (χ1) is 5.52. The van der Waals surface area contributed by atoms with Crippen molar-refractivity contribution in [2.24, 2.45) is 5.73 Å². The first kappa shape index (κ1) is 9.00. The molecule has 1 aromatic carbocycles. The Morgan fingerprint density at radius 1 is 1.33 bits per heavy atom. The largest absolute Gasteiger partial charge is 0.507 e. The molecule has 0 bridgehead atoms. The molecule has 0 aliphatic heterocycles.